The second-order valence-electron chi connectivity index (χ2n) is 5.13. The highest BCUT2D eigenvalue weighted by atomic mass is 32.1. The van der Waals surface area contributed by atoms with Gasteiger partial charge in [-0.15, -0.1) is 11.3 Å². The van der Waals surface area contributed by atoms with Crippen molar-refractivity contribution in [2.24, 2.45) is 0 Å². The highest BCUT2D eigenvalue weighted by Crippen LogP contribution is 2.34. The summed E-state index contributed by atoms with van der Waals surface area (Å²) in [6.07, 6.45) is 0. The molecule has 3 N–H and O–H groups in total. The Hall–Kier alpha value is -2.25. The van der Waals surface area contributed by atoms with Gasteiger partial charge in [-0.2, -0.15) is 0 Å². The third-order valence-electron chi connectivity index (χ3n) is 3.28. The van der Waals surface area contributed by atoms with E-state index in [4.69, 9.17) is 9.47 Å². The molecule has 22 heavy (non-hydrogen) atoms. The van der Waals surface area contributed by atoms with E-state index in [9.17, 15) is 9.90 Å². The molecule has 0 spiro atoms. The number of rotatable bonds is 4. The molecule has 116 valence electrons. The highest BCUT2D eigenvalue weighted by molar-refractivity contribution is 7.10. The zero-order valence-electron chi connectivity index (χ0n) is 12.0. The first-order chi connectivity index (χ1) is 10.5. The van der Waals surface area contributed by atoms with Crippen LogP contribution in [0.15, 0.2) is 35.7 Å². The Bertz CT molecular complexity index is 670. The van der Waals surface area contributed by atoms with Crippen LogP contribution in [0.4, 0.5) is 10.5 Å². The SMILES string of the molecule is C[C@](O)(CNC(=O)Nc1ccc2c(c1)OCO2)c1cccs1. The Kier molecular flexibility index (Phi) is 3.91. The number of hydrogen-bond acceptors (Lipinski definition) is 5. The summed E-state index contributed by atoms with van der Waals surface area (Å²) in [5, 5.41) is 17.6. The van der Waals surface area contributed by atoms with Crippen LogP contribution in [0.3, 0.4) is 0 Å². The van der Waals surface area contributed by atoms with E-state index in [0.717, 1.165) is 4.88 Å². The van der Waals surface area contributed by atoms with Crippen LogP contribution >= 0.6 is 11.3 Å². The van der Waals surface area contributed by atoms with Gasteiger partial charge in [-0.05, 0) is 30.5 Å². The van der Waals surface area contributed by atoms with Crippen molar-refractivity contribution in [2.75, 3.05) is 18.7 Å². The van der Waals surface area contributed by atoms with Crippen LogP contribution in [0, 0.1) is 0 Å². The summed E-state index contributed by atoms with van der Waals surface area (Å²) in [4.78, 5) is 12.7. The molecule has 0 radical (unpaired) electrons. The number of carbonyl (C=O) groups is 1. The third kappa shape index (κ3) is 3.15. The van der Waals surface area contributed by atoms with Crippen molar-refractivity contribution in [2.45, 2.75) is 12.5 Å². The van der Waals surface area contributed by atoms with Crippen LogP contribution in [0.1, 0.15) is 11.8 Å². The first-order valence-corrected chi connectivity index (χ1v) is 7.63. The Balaban J connectivity index is 1.57. The molecule has 1 aliphatic heterocycles. The normalized spacial score (nSPS) is 15.2. The number of benzene rings is 1. The van der Waals surface area contributed by atoms with E-state index in [1.807, 2.05) is 17.5 Å². The number of carbonyl (C=O) groups excluding carboxylic acids is 1. The fourth-order valence-corrected chi connectivity index (χ4v) is 2.86. The average Bonchev–Trinajstić information content (AvgIpc) is 3.16. The van der Waals surface area contributed by atoms with Crippen LogP contribution in [0.5, 0.6) is 11.5 Å². The minimum absolute atomic E-state index is 0.115. The van der Waals surface area contributed by atoms with Gasteiger partial charge in [-0.3, -0.25) is 0 Å². The summed E-state index contributed by atoms with van der Waals surface area (Å²) >= 11 is 1.45. The quantitative estimate of drug-likeness (QED) is 0.808. The van der Waals surface area contributed by atoms with Gasteiger partial charge in [0, 0.05) is 16.6 Å². The fourth-order valence-electron chi connectivity index (χ4n) is 2.07. The molecular formula is C15H16N2O4S. The first-order valence-electron chi connectivity index (χ1n) is 6.75. The average molecular weight is 320 g/mol. The van der Waals surface area contributed by atoms with Gasteiger partial charge < -0.3 is 25.2 Å². The van der Waals surface area contributed by atoms with Crippen molar-refractivity contribution < 1.29 is 19.4 Å². The van der Waals surface area contributed by atoms with E-state index >= 15 is 0 Å². The zero-order chi connectivity index (χ0) is 15.6. The molecule has 0 saturated heterocycles. The molecule has 0 bridgehead atoms. The van der Waals surface area contributed by atoms with E-state index in [2.05, 4.69) is 10.6 Å². The number of nitrogens with one attached hydrogen (secondary N) is 2. The minimum atomic E-state index is -1.10. The maximum atomic E-state index is 11.9. The molecule has 2 aromatic rings. The van der Waals surface area contributed by atoms with Crippen LogP contribution < -0.4 is 20.1 Å². The van der Waals surface area contributed by atoms with E-state index in [-0.39, 0.29) is 13.3 Å². The van der Waals surface area contributed by atoms with E-state index < -0.39 is 11.6 Å². The van der Waals surface area contributed by atoms with Crippen LogP contribution in [-0.2, 0) is 5.60 Å². The summed E-state index contributed by atoms with van der Waals surface area (Å²) in [7, 11) is 0. The number of anilines is 1. The summed E-state index contributed by atoms with van der Waals surface area (Å²) < 4.78 is 10.5. The molecule has 6 nitrogen and oxygen atoms in total. The van der Waals surface area contributed by atoms with Gasteiger partial charge in [-0.25, -0.2) is 4.79 Å². The molecule has 2 amide bonds. The van der Waals surface area contributed by atoms with Crippen molar-refractivity contribution in [3.8, 4) is 11.5 Å². The smallest absolute Gasteiger partial charge is 0.319 e. The molecule has 1 aliphatic rings. The number of urea groups is 1. The van der Waals surface area contributed by atoms with Crippen molar-refractivity contribution in [3.05, 3.63) is 40.6 Å². The van der Waals surface area contributed by atoms with Gasteiger partial charge in [0.15, 0.2) is 11.5 Å². The molecule has 7 heteroatoms. The molecule has 0 aliphatic carbocycles. The summed E-state index contributed by atoms with van der Waals surface area (Å²) in [5.41, 5.74) is -0.502. The Morgan fingerprint density at radius 3 is 2.95 bits per heavy atom. The molecule has 0 fully saturated rings. The third-order valence-corrected chi connectivity index (χ3v) is 4.40. The molecule has 1 atom stereocenters. The van der Waals surface area contributed by atoms with Crippen molar-refractivity contribution in [1.29, 1.82) is 0 Å². The van der Waals surface area contributed by atoms with Crippen LogP contribution in [0.2, 0.25) is 0 Å². The second-order valence-corrected chi connectivity index (χ2v) is 6.07. The van der Waals surface area contributed by atoms with Gasteiger partial charge in [0.25, 0.3) is 0 Å². The molecule has 2 heterocycles. The number of ether oxygens (including phenoxy) is 2. The summed E-state index contributed by atoms with van der Waals surface area (Å²) in [5.74, 6) is 1.26. The lowest BCUT2D eigenvalue weighted by atomic mass is 10.1. The van der Waals surface area contributed by atoms with Gasteiger partial charge in [0.05, 0.1) is 6.54 Å². The van der Waals surface area contributed by atoms with Crippen molar-refractivity contribution in [1.82, 2.24) is 5.32 Å². The second kappa shape index (κ2) is 5.86. The molecule has 0 saturated carbocycles. The van der Waals surface area contributed by atoms with Crippen LogP contribution in [0.25, 0.3) is 0 Å². The minimum Gasteiger partial charge on any atom is -0.454 e. The number of thiophene rings is 1. The topological polar surface area (TPSA) is 79.8 Å². The lowest BCUT2D eigenvalue weighted by Gasteiger charge is -2.22. The van der Waals surface area contributed by atoms with E-state index in [1.165, 1.54) is 11.3 Å². The lowest BCUT2D eigenvalue weighted by Crippen LogP contribution is -2.40. The van der Waals surface area contributed by atoms with Gasteiger partial charge >= 0.3 is 6.03 Å². The Morgan fingerprint density at radius 1 is 1.36 bits per heavy atom. The molecular weight excluding hydrogens is 304 g/mol. The lowest BCUT2D eigenvalue weighted by molar-refractivity contribution is 0.0637. The molecule has 0 unspecified atom stereocenters. The van der Waals surface area contributed by atoms with Gasteiger partial charge in [-0.1, -0.05) is 6.07 Å². The van der Waals surface area contributed by atoms with Gasteiger partial charge in [0.2, 0.25) is 6.79 Å². The fraction of sp³-hybridized carbons (Fsp3) is 0.267. The van der Waals surface area contributed by atoms with Crippen molar-refractivity contribution >= 4 is 23.1 Å². The van der Waals surface area contributed by atoms with Crippen LogP contribution in [-0.4, -0.2) is 24.5 Å². The molecule has 1 aromatic heterocycles. The summed E-state index contributed by atoms with van der Waals surface area (Å²) in [6.45, 7) is 1.97. The predicted molar refractivity (Wildman–Crippen MR) is 83.5 cm³/mol. The Labute approximate surface area is 131 Å². The predicted octanol–water partition coefficient (Wildman–Crippen LogP) is 2.51. The molecule has 3 rings (SSSR count). The maximum Gasteiger partial charge on any atom is 0.319 e. The number of fused-ring (bicyclic) bond motifs is 1. The highest BCUT2D eigenvalue weighted by Gasteiger charge is 2.25. The number of hydrogen-bond donors (Lipinski definition) is 3. The summed E-state index contributed by atoms with van der Waals surface area (Å²) in [6, 6.07) is 8.46. The van der Waals surface area contributed by atoms with E-state index in [1.54, 1.807) is 25.1 Å². The first kappa shape index (κ1) is 14.7. The zero-order valence-corrected chi connectivity index (χ0v) is 12.8. The van der Waals surface area contributed by atoms with Crippen molar-refractivity contribution in [3.63, 3.8) is 0 Å². The largest absolute Gasteiger partial charge is 0.454 e. The van der Waals surface area contributed by atoms with Gasteiger partial charge in [0.1, 0.15) is 5.60 Å². The monoisotopic (exact) mass is 320 g/mol. The Morgan fingerprint density at radius 2 is 2.18 bits per heavy atom. The number of aliphatic hydroxyl groups is 1. The standard InChI is InChI=1S/C15H16N2O4S/c1-15(19,13-3-2-6-22-13)8-16-14(18)17-10-4-5-11-12(7-10)21-9-20-11/h2-7,19H,8-9H2,1H3,(H2,16,17,18)/t15-/m0/s1. The number of amides is 2. The molecule has 1 aromatic carbocycles. The van der Waals surface area contributed by atoms with E-state index in [0.29, 0.717) is 17.2 Å². The maximum absolute atomic E-state index is 11.9.